The van der Waals surface area contributed by atoms with Crippen molar-refractivity contribution in [1.29, 1.82) is 0 Å². The second-order valence-electron chi connectivity index (χ2n) is 3.93. The van der Waals surface area contributed by atoms with Crippen LogP contribution in [-0.2, 0) is 0 Å². The van der Waals surface area contributed by atoms with E-state index in [1.54, 1.807) is 0 Å². The lowest BCUT2D eigenvalue weighted by Crippen LogP contribution is -2.34. The molecule has 1 aromatic heterocycles. The molecule has 82 valence electrons. The molecule has 0 saturated heterocycles. The number of nitrogens with zero attached hydrogens (tertiary/aromatic N) is 3. The molecule has 0 amide bonds. The topological polar surface area (TPSA) is 29.0 Å². The second kappa shape index (κ2) is 5.09. The highest BCUT2D eigenvalue weighted by Gasteiger charge is 2.22. The van der Waals surface area contributed by atoms with Crippen LogP contribution in [0.15, 0.2) is 12.4 Å². The van der Waals surface area contributed by atoms with Crippen molar-refractivity contribution in [3.8, 4) is 0 Å². The minimum atomic E-state index is 0.662. The van der Waals surface area contributed by atoms with Gasteiger partial charge in [-0.15, -0.1) is 0 Å². The molecule has 0 radical (unpaired) electrons. The van der Waals surface area contributed by atoms with E-state index in [-0.39, 0.29) is 0 Å². The van der Waals surface area contributed by atoms with Gasteiger partial charge in [-0.25, -0.2) is 9.97 Å². The summed E-state index contributed by atoms with van der Waals surface area (Å²) in [7, 11) is 0. The average molecular weight is 317 g/mol. The summed E-state index contributed by atoms with van der Waals surface area (Å²) in [4.78, 5) is 11.1. The first kappa shape index (κ1) is 11.1. The van der Waals surface area contributed by atoms with Crippen LogP contribution in [0.4, 0.5) is 5.95 Å². The molecule has 0 unspecified atom stereocenters. The molecule has 1 aliphatic carbocycles. The molecule has 4 heteroatoms. The number of anilines is 1. The zero-order chi connectivity index (χ0) is 10.7. The van der Waals surface area contributed by atoms with Crippen molar-refractivity contribution in [1.82, 2.24) is 9.97 Å². The van der Waals surface area contributed by atoms with Gasteiger partial charge in [0, 0.05) is 28.6 Å². The molecular weight excluding hydrogens is 301 g/mol. The van der Waals surface area contributed by atoms with Gasteiger partial charge in [0.15, 0.2) is 0 Å². The molecular formula is C11H16IN3. The van der Waals surface area contributed by atoms with Crippen LogP contribution in [0.5, 0.6) is 0 Å². The highest BCUT2D eigenvalue weighted by Crippen LogP contribution is 2.25. The van der Waals surface area contributed by atoms with Crippen LogP contribution >= 0.6 is 22.6 Å². The predicted molar refractivity (Wildman–Crippen MR) is 70.0 cm³/mol. The molecule has 0 aromatic carbocycles. The van der Waals surface area contributed by atoms with E-state index >= 15 is 0 Å². The van der Waals surface area contributed by atoms with Crippen LogP contribution in [0, 0.1) is 3.57 Å². The van der Waals surface area contributed by atoms with E-state index < -0.39 is 0 Å². The van der Waals surface area contributed by atoms with Crippen molar-refractivity contribution in [2.75, 3.05) is 11.4 Å². The highest BCUT2D eigenvalue weighted by molar-refractivity contribution is 14.1. The molecule has 0 aliphatic heterocycles. The van der Waals surface area contributed by atoms with Crippen molar-refractivity contribution < 1.29 is 0 Å². The molecule has 0 spiro atoms. The third-order valence-electron chi connectivity index (χ3n) is 2.97. The summed E-state index contributed by atoms with van der Waals surface area (Å²) in [6.45, 7) is 3.19. The second-order valence-corrected chi connectivity index (χ2v) is 5.17. The summed E-state index contributed by atoms with van der Waals surface area (Å²) in [5.74, 6) is 0.893. The normalized spacial score (nSPS) is 16.9. The van der Waals surface area contributed by atoms with Crippen molar-refractivity contribution in [3.05, 3.63) is 16.0 Å². The van der Waals surface area contributed by atoms with Gasteiger partial charge < -0.3 is 4.90 Å². The zero-order valence-corrected chi connectivity index (χ0v) is 11.1. The minimum absolute atomic E-state index is 0.662. The summed E-state index contributed by atoms with van der Waals surface area (Å²) in [5.41, 5.74) is 0. The minimum Gasteiger partial charge on any atom is -0.338 e. The van der Waals surface area contributed by atoms with Gasteiger partial charge in [0.25, 0.3) is 0 Å². The van der Waals surface area contributed by atoms with Gasteiger partial charge in [0.05, 0.1) is 0 Å². The van der Waals surface area contributed by atoms with Gasteiger partial charge in [0.2, 0.25) is 5.95 Å². The third-order valence-corrected chi connectivity index (χ3v) is 3.53. The molecule has 0 atom stereocenters. The van der Waals surface area contributed by atoms with Crippen LogP contribution in [-0.4, -0.2) is 22.6 Å². The molecule has 15 heavy (non-hydrogen) atoms. The predicted octanol–water partition coefficient (Wildman–Crippen LogP) is 2.85. The van der Waals surface area contributed by atoms with Crippen LogP contribution < -0.4 is 4.90 Å². The smallest absolute Gasteiger partial charge is 0.225 e. The molecule has 1 aliphatic rings. The van der Waals surface area contributed by atoms with Gasteiger partial charge in [-0.3, -0.25) is 0 Å². The summed E-state index contributed by atoms with van der Waals surface area (Å²) >= 11 is 2.24. The van der Waals surface area contributed by atoms with Crippen LogP contribution in [0.25, 0.3) is 0 Å². The van der Waals surface area contributed by atoms with Gasteiger partial charge >= 0.3 is 0 Å². The summed E-state index contributed by atoms with van der Waals surface area (Å²) < 4.78 is 1.10. The van der Waals surface area contributed by atoms with Crippen LogP contribution in [0.2, 0.25) is 0 Å². The Morgan fingerprint density at radius 1 is 1.33 bits per heavy atom. The lowest BCUT2D eigenvalue weighted by Gasteiger charge is -2.27. The van der Waals surface area contributed by atoms with E-state index in [1.165, 1.54) is 25.7 Å². The fourth-order valence-corrected chi connectivity index (χ4v) is 2.51. The molecule has 0 N–H and O–H groups in total. The standard InChI is InChI=1S/C11H16IN3/c1-2-15(10-5-3-4-6-10)11-13-7-9(12)8-14-11/h7-8,10H,2-6H2,1H3. The summed E-state index contributed by atoms with van der Waals surface area (Å²) in [6, 6.07) is 0.662. The number of rotatable bonds is 3. The largest absolute Gasteiger partial charge is 0.338 e. The van der Waals surface area contributed by atoms with Gasteiger partial charge in [0.1, 0.15) is 0 Å². The molecule has 0 bridgehead atoms. The van der Waals surface area contributed by atoms with Gasteiger partial charge in [-0.1, -0.05) is 12.8 Å². The molecule has 1 heterocycles. The Hall–Kier alpha value is -0.390. The first-order chi connectivity index (χ1) is 7.31. The number of aromatic nitrogens is 2. The first-order valence-electron chi connectivity index (χ1n) is 5.55. The lowest BCUT2D eigenvalue weighted by atomic mass is 10.2. The van der Waals surface area contributed by atoms with Crippen molar-refractivity contribution >= 4 is 28.5 Å². The number of hydrogen-bond donors (Lipinski definition) is 0. The Labute approximate surface area is 104 Å². The quantitative estimate of drug-likeness (QED) is 0.803. The fourth-order valence-electron chi connectivity index (χ4n) is 2.23. The fraction of sp³-hybridized carbons (Fsp3) is 0.636. The Morgan fingerprint density at radius 2 is 1.93 bits per heavy atom. The molecule has 1 saturated carbocycles. The van der Waals surface area contributed by atoms with E-state index in [2.05, 4.69) is 44.4 Å². The molecule has 2 rings (SSSR count). The van der Waals surface area contributed by atoms with Crippen LogP contribution in [0.1, 0.15) is 32.6 Å². The third kappa shape index (κ3) is 2.59. The maximum Gasteiger partial charge on any atom is 0.225 e. The molecule has 1 fully saturated rings. The van der Waals surface area contributed by atoms with E-state index in [0.29, 0.717) is 6.04 Å². The summed E-state index contributed by atoms with van der Waals surface area (Å²) in [6.07, 6.45) is 9.07. The Morgan fingerprint density at radius 3 is 2.47 bits per heavy atom. The zero-order valence-electron chi connectivity index (χ0n) is 8.99. The Bertz CT molecular complexity index is 306. The monoisotopic (exact) mass is 317 g/mol. The van der Waals surface area contributed by atoms with Crippen LogP contribution in [0.3, 0.4) is 0 Å². The number of halogens is 1. The maximum absolute atomic E-state index is 4.40. The Kier molecular flexibility index (Phi) is 3.77. The maximum atomic E-state index is 4.40. The van der Waals surface area contributed by atoms with Crippen molar-refractivity contribution in [2.24, 2.45) is 0 Å². The van der Waals surface area contributed by atoms with E-state index in [9.17, 15) is 0 Å². The highest BCUT2D eigenvalue weighted by atomic mass is 127. The first-order valence-corrected chi connectivity index (χ1v) is 6.63. The van der Waals surface area contributed by atoms with E-state index in [4.69, 9.17) is 0 Å². The SMILES string of the molecule is CCN(c1ncc(I)cn1)C1CCCC1. The van der Waals surface area contributed by atoms with Gasteiger partial charge in [-0.05, 0) is 42.4 Å². The molecule has 3 nitrogen and oxygen atoms in total. The number of hydrogen-bond acceptors (Lipinski definition) is 3. The van der Waals surface area contributed by atoms with E-state index in [1.807, 2.05) is 12.4 Å². The van der Waals surface area contributed by atoms with Crippen molar-refractivity contribution in [2.45, 2.75) is 38.6 Å². The van der Waals surface area contributed by atoms with E-state index in [0.717, 1.165) is 16.1 Å². The molecule has 1 aromatic rings. The average Bonchev–Trinajstić information content (AvgIpc) is 2.75. The van der Waals surface area contributed by atoms with Gasteiger partial charge in [-0.2, -0.15) is 0 Å². The Balaban J connectivity index is 2.14. The lowest BCUT2D eigenvalue weighted by molar-refractivity contribution is 0.605. The summed E-state index contributed by atoms with van der Waals surface area (Å²) in [5, 5.41) is 0. The van der Waals surface area contributed by atoms with Crippen molar-refractivity contribution in [3.63, 3.8) is 0 Å².